The van der Waals surface area contributed by atoms with Crippen molar-refractivity contribution in [2.24, 2.45) is 0 Å². The number of carbonyl (C=O) groups excluding carboxylic acids is 1. The zero-order valence-corrected chi connectivity index (χ0v) is 12.9. The number of benzene rings is 1. The Balaban J connectivity index is 1.75. The van der Waals surface area contributed by atoms with Gasteiger partial charge in [-0.2, -0.15) is 0 Å². The molecule has 0 aliphatic carbocycles. The molecule has 0 fully saturated rings. The highest BCUT2D eigenvalue weighted by Crippen LogP contribution is 2.24. The molecule has 1 aromatic carbocycles. The molecule has 110 valence electrons. The number of hydrogen-bond acceptors (Lipinski definition) is 4. The molecule has 1 unspecified atom stereocenters. The molecule has 1 aliphatic rings. The second-order valence-corrected chi connectivity index (χ2v) is 6.13. The summed E-state index contributed by atoms with van der Waals surface area (Å²) < 4.78 is 0. The van der Waals surface area contributed by atoms with Crippen LogP contribution >= 0.6 is 11.3 Å². The summed E-state index contributed by atoms with van der Waals surface area (Å²) in [6, 6.07) is 5.90. The third kappa shape index (κ3) is 3.08. The fourth-order valence-electron chi connectivity index (χ4n) is 2.60. The fourth-order valence-corrected chi connectivity index (χ4v) is 3.38. The Kier molecular flexibility index (Phi) is 4.20. The van der Waals surface area contributed by atoms with Crippen molar-refractivity contribution >= 4 is 22.9 Å². The number of nitrogens with zero attached hydrogens (tertiary/aromatic N) is 1. The third-order valence-corrected chi connectivity index (χ3v) is 4.66. The number of aryl methyl sites for hydroxylation is 1. The van der Waals surface area contributed by atoms with Crippen LogP contribution in [0.5, 0.6) is 0 Å². The molecule has 0 bridgehead atoms. The van der Waals surface area contributed by atoms with Crippen LogP contribution in [0, 0.1) is 0 Å². The zero-order chi connectivity index (χ0) is 14.7. The highest BCUT2D eigenvalue weighted by atomic mass is 32.1. The summed E-state index contributed by atoms with van der Waals surface area (Å²) in [6.07, 6.45) is 4.77. The van der Waals surface area contributed by atoms with Gasteiger partial charge in [-0.1, -0.05) is 6.92 Å². The Labute approximate surface area is 128 Å². The van der Waals surface area contributed by atoms with E-state index in [0.717, 1.165) is 42.1 Å². The summed E-state index contributed by atoms with van der Waals surface area (Å²) in [6.45, 7) is 3.07. The summed E-state index contributed by atoms with van der Waals surface area (Å²) in [4.78, 5) is 16.7. The van der Waals surface area contributed by atoms with Gasteiger partial charge in [0.05, 0.1) is 6.04 Å². The number of aromatic nitrogens is 1. The van der Waals surface area contributed by atoms with Crippen LogP contribution in [0.4, 0.5) is 5.69 Å². The molecule has 1 amide bonds. The van der Waals surface area contributed by atoms with Gasteiger partial charge in [-0.3, -0.25) is 4.79 Å². The first kappa shape index (κ1) is 14.1. The van der Waals surface area contributed by atoms with E-state index in [4.69, 9.17) is 0 Å². The molecule has 2 aromatic rings. The molecule has 2 N–H and O–H groups in total. The summed E-state index contributed by atoms with van der Waals surface area (Å²) in [5.74, 6) is -0.0228. The van der Waals surface area contributed by atoms with Gasteiger partial charge in [0.25, 0.3) is 5.91 Å². The molecule has 0 saturated carbocycles. The smallest absolute Gasteiger partial charge is 0.251 e. The van der Waals surface area contributed by atoms with E-state index in [9.17, 15) is 4.79 Å². The minimum absolute atomic E-state index is 0.00772. The van der Waals surface area contributed by atoms with Gasteiger partial charge < -0.3 is 10.6 Å². The average molecular weight is 301 g/mol. The first-order valence-electron chi connectivity index (χ1n) is 7.35. The lowest BCUT2D eigenvalue weighted by atomic mass is 10.0. The number of hydrogen-bond donors (Lipinski definition) is 2. The first-order valence-corrected chi connectivity index (χ1v) is 8.23. The molecule has 0 radical (unpaired) electrons. The van der Waals surface area contributed by atoms with Crippen LogP contribution < -0.4 is 10.6 Å². The van der Waals surface area contributed by atoms with Gasteiger partial charge in [0.2, 0.25) is 0 Å². The molecule has 5 heteroatoms. The molecular weight excluding hydrogens is 282 g/mol. The normalized spacial score (nSPS) is 14.9. The van der Waals surface area contributed by atoms with Gasteiger partial charge in [-0.05, 0) is 43.0 Å². The van der Waals surface area contributed by atoms with Gasteiger partial charge in [-0.15, -0.1) is 11.3 Å². The average Bonchev–Trinajstić information content (AvgIpc) is 3.06. The van der Waals surface area contributed by atoms with Crippen molar-refractivity contribution in [2.75, 3.05) is 11.9 Å². The van der Waals surface area contributed by atoms with E-state index in [1.807, 2.05) is 23.6 Å². The Bertz CT molecular complexity index is 624. The van der Waals surface area contributed by atoms with Crippen molar-refractivity contribution in [3.05, 3.63) is 45.9 Å². The maximum absolute atomic E-state index is 12.4. The molecule has 1 aliphatic heterocycles. The maximum Gasteiger partial charge on any atom is 0.251 e. The van der Waals surface area contributed by atoms with Gasteiger partial charge in [-0.25, -0.2) is 4.98 Å². The van der Waals surface area contributed by atoms with Crippen molar-refractivity contribution in [2.45, 2.75) is 32.2 Å². The molecular formula is C16H19N3OS. The number of amides is 1. The van der Waals surface area contributed by atoms with Crippen LogP contribution in [0.15, 0.2) is 29.8 Å². The fraction of sp³-hybridized carbons (Fsp3) is 0.375. The maximum atomic E-state index is 12.4. The second-order valence-electron chi connectivity index (χ2n) is 5.21. The second kappa shape index (κ2) is 6.26. The van der Waals surface area contributed by atoms with Crippen LogP contribution in [0.3, 0.4) is 0 Å². The van der Waals surface area contributed by atoms with Crippen molar-refractivity contribution in [3.8, 4) is 0 Å². The Morgan fingerprint density at radius 3 is 3.19 bits per heavy atom. The van der Waals surface area contributed by atoms with Crippen molar-refractivity contribution in [1.82, 2.24) is 10.3 Å². The number of anilines is 1. The highest BCUT2D eigenvalue weighted by molar-refractivity contribution is 7.09. The minimum atomic E-state index is -0.0228. The predicted molar refractivity (Wildman–Crippen MR) is 85.9 cm³/mol. The molecule has 3 rings (SSSR count). The van der Waals surface area contributed by atoms with Gasteiger partial charge >= 0.3 is 0 Å². The number of nitrogens with one attached hydrogen (secondary N) is 2. The monoisotopic (exact) mass is 301 g/mol. The van der Waals surface area contributed by atoms with E-state index < -0.39 is 0 Å². The molecule has 0 saturated heterocycles. The Hall–Kier alpha value is -1.88. The summed E-state index contributed by atoms with van der Waals surface area (Å²) in [7, 11) is 0. The SMILES string of the molecule is CCC(NC(=O)c1ccc2c(c1)CCCN2)c1nccs1. The van der Waals surface area contributed by atoms with Crippen LogP contribution in [0.1, 0.15) is 46.7 Å². The van der Waals surface area contributed by atoms with Gasteiger partial charge in [0.15, 0.2) is 0 Å². The molecule has 1 atom stereocenters. The summed E-state index contributed by atoms with van der Waals surface area (Å²) >= 11 is 1.58. The van der Waals surface area contributed by atoms with Crippen molar-refractivity contribution in [1.29, 1.82) is 0 Å². The minimum Gasteiger partial charge on any atom is -0.385 e. The lowest BCUT2D eigenvalue weighted by molar-refractivity contribution is 0.0935. The Morgan fingerprint density at radius 2 is 2.43 bits per heavy atom. The molecule has 1 aromatic heterocycles. The molecule has 0 spiro atoms. The largest absolute Gasteiger partial charge is 0.385 e. The van der Waals surface area contributed by atoms with Crippen LogP contribution in [0.2, 0.25) is 0 Å². The van der Waals surface area contributed by atoms with Crippen LogP contribution in [0.25, 0.3) is 0 Å². The van der Waals surface area contributed by atoms with Crippen molar-refractivity contribution < 1.29 is 4.79 Å². The van der Waals surface area contributed by atoms with Crippen LogP contribution in [-0.4, -0.2) is 17.4 Å². The number of thiazole rings is 1. The molecule has 2 heterocycles. The first-order chi connectivity index (χ1) is 10.3. The zero-order valence-electron chi connectivity index (χ0n) is 12.1. The number of rotatable bonds is 4. The van der Waals surface area contributed by atoms with Crippen molar-refractivity contribution in [3.63, 3.8) is 0 Å². The Morgan fingerprint density at radius 1 is 1.52 bits per heavy atom. The predicted octanol–water partition coefficient (Wildman–Crippen LogP) is 3.38. The van der Waals surface area contributed by atoms with Crippen LogP contribution in [-0.2, 0) is 6.42 Å². The van der Waals surface area contributed by atoms with Gasteiger partial charge in [0, 0.05) is 29.4 Å². The summed E-state index contributed by atoms with van der Waals surface area (Å²) in [5.41, 5.74) is 3.12. The number of fused-ring (bicyclic) bond motifs is 1. The highest BCUT2D eigenvalue weighted by Gasteiger charge is 2.17. The van der Waals surface area contributed by atoms with Gasteiger partial charge in [0.1, 0.15) is 5.01 Å². The van der Waals surface area contributed by atoms with E-state index in [1.165, 1.54) is 5.56 Å². The topological polar surface area (TPSA) is 54.0 Å². The standard InChI is InChI=1S/C16H19N3OS/c1-2-13(16-18-8-9-21-16)19-15(20)12-5-6-14-11(10-12)4-3-7-17-14/h5-6,8-10,13,17H,2-4,7H2,1H3,(H,19,20). The lowest BCUT2D eigenvalue weighted by Gasteiger charge is -2.19. The molecule has 21 heavy (non-hydrogen) atoms. The summed E-state index contributed by atoms with van der Waals surface area (Å²) in [5, 5.41) is 9.35. The lowest BCUT2D eigenvalue weighted by Crippen LogP contribution is -2.28. The van der Waals surface area contributed by atoms with E-state index in [0.29, 0.717) is 0 Å². The van der Waals surface area contributed by atoms with E-state index >= 15 is 0 Å². The number of carbonyl (C=O) groups is 1. The van der Waals surface area contributed by atoms with E-state index in [1.54, 1.807) is 17.5 Å². The third-order valence-electron chi connectivity index (χ3n) is 3.77. The molecule has 4 nitrogen and oxygen atoms in total. The van der Waals surface area contributed by atoms with E-state index in [2.05, 4.69) is 22.5 Å². The quantitative estimate of drug-likeness (QED) is 0.910. The van der Waals surface area contributed by atoms with E-state index in [-0.39, 0.29) is 11.9 Å².